The summed E-state index contributed by atoms with van der Waals surface area (Å²) in [6.45, 7) is 2.24. The first-order valence-electron chi connectivity index (χ1n) is 23.2. The Balaban J connectivity index is 0.962. The van der Waals surface area contributed by atoms with Gasteiger partial charge in [0.2, 0.25) is 0 Å². The molecule has 1 spiro atoms. The summed E-state index contributed by atoms with van der Waals surface area (Å²) in [6, 6.07) is 65.4. The van der Waals surface area contributed by atoms with Crippen LogP contribution in [0.25, 0.3) is 55.8 Å². The van der Waals surface area contributed by atoms with E-state index in [1.54, 1.807) is 0 Å². The third kappa shape index (κ3) is 6.78. The third-order valence-electron chi connectivity index (χ3n) is 14.6. The van der Waals surface area contributed by atoms with E-state index in [0.29, 0.717) is 11.8 Å². The number of hydrogen-bond acceptors (Lipinski definition) is 3. The summed E-state index contributed by atoms with van der Waals surface area (Å²) in [7, 11) is 0. The van der Waals surface area contributed by atoms with Gasteiger partial charge in [0.15, 0.2) is 0 Å². The standard InChI is InChI=1S/C59H50N4O.Pt/c1-41-36-57(60-39-52(41)44-22-9-4-10-23-44)63-56-38-47(32-33-51(56)50-28-17-29-53(50)59(63)34-13-14-35-59)64-46-25-15-24-45(37-46)61-40-62(55-31-12-11-30-54(55)61)58-48(42-18-5-2-6-19-42)26-16-27-49(58)43-20-7-3-8-21-43;/h2-12,15-16,18-27,30-33,36-39,50,53H,13-14,17,28-29,34-35H2,1H3;. The summed E-state index contributed by atoms with van der Waals surface area (Å²) in [5.41, 5.74) is 15.6. The predicted octanol–water partition coefficient (Wildman–Crippen LogP) is 15.3. The van der Waals surface area contributed by atoms with Crippen molar-refractivity contribution in [3.05, 3.63) is 203 Å². The van der Waals surface area contributed by atoms with Crippen molar-refractivity contribution in [2.75, 3.05) is 4.90 Å². The van der Waals surface area contributed by atoms with Crippen molar-refractivity contribution < 1.29 is 24.1 Å². The first-order valence-corrected chi connectivity index (χ1v) is 24.4. The zero-order chi connectivity index (χ0) is 43.5. The molecule has 12 rings (SSSR count). The van der Waals surface area contributed by atoms with E-state index in [1.807, 2.05) is 0 Å². The second-order valence-corrected chi connectivity index (χ2v) is 19.2. The second-order valence-electron chi connectivity index (χ2n) is 18.2. The van der Waals surface area contributed by atoms with Crippen LogP contribution in [0.5, 0.6) is 11.5 Å². The Hall–Kier alpha value is -6.55. The molecule has 322 valence electrons. The van der Waals surface area contributed by atoms with E-state index < -0.39 is 0 Å². The molecule has 1 aliphatic heterocycles. The number of ether oxygens (including phenoxy) is 1. The molecule has 6 heteroatoms. The van der Waals surface area contributed by atoms with Gasteiger partial charge in [0.1, 0.15) is 0 Å². The second kappa shape index (κ2) is 16.5. The molecule has 3 aliphatic rings. The summed E-state index contributed by atoms with van der Waals surface area (Å²) in [5, 5.41) is 0. The molecule has 0 N–H and O–H groups in total. The number of nitrogens with zero attached hydrogens (tertiary/aromatic N) is 4. The Labute approximate surface area is 392 Å². The van der Waals surface area contributed by atoms with Gasteiger partial charge in [-0.15, -0.1) is 0 Å². The Morgan fingerprint density at radius 2 is 1.17 bits per heavy atom. The molecule has 3 heterocycles. The zero-order valence-corrected chi connectivity index (χ0v) is 38.8. The molecular weight excluding hydrogens is 976 g/mol. The number of rotatable bonds is 8. The number of hydrogen-bond donors (Lipinski definition) is 0. The summed E-state index contributed by atoms with van der Waals surface area (Å²) in [5.74, 6) is 3.89. The van der Waals surface area contributed by atoms with Crippen LogP contribution in [-0.4, -0.2) is 19.7 Å². The van der Waals surface area contributed by atoms with Crippen LogP contribution in [0.3, 0.4) is 0 Å². The van der Waals surface area contributed by atoms with Crippen LogP contribution < -0.4 is 9.64 Å². The summed E-state index contributed by atoms with van der Waals surface area (Å²) < 4.78 is 12.9. The molecule has 0 saturated heterocycles. The number of aryl methyl sites for hydroxylation is 1. The number of para-hydroxylation sites is 3. The van der Waals surface area contributed by atoms with Crippen molar-refractivity contribution in [3.63, 3.8) is 0 Å². The van der Waals surface area contributed by atoms with Gasteiger partial charge in [-0.05, 0) is 24.5 Å². The van der Waals surface area contributed by atoms with Gasteiger partial charge in [0.25, 0.3) is 0 Å². The quantitative estimate of drug-likeness (QED) is 0.152. The fourth-order valence-corrected chi connectivity index (χ4v) is 13.0. The van der Waals surface area contributed by atoms with Crippen molar-refractivity contribution in [3.8, 4) is 56.3 Å². The van der Waals surface area contributed by atoms with Crippen LogP contribution in [0.4, 0.5) is 11.5 Å². The van der Waals surface area contributed by atoms with Gasteiger partial charge in [-0.2, -0.15) is 0 Å². The fraction of sp³-hybridized carbons (Fsp3) is 0.186. The van der Waals surface area contributed by atoms with Crippen LogP contribution in [0, 0.1) is 16.6 Å². The van der Waals surface area contributed by atoms with E-state index in [9.17, 15) is 0 Å². The van der Waals surface area contributed by atoms with Crippen LogP contribution in [0.2, 0.25) is 0 Å². The first-order chi connectivity index (χ1) is 32.1. The topological polar surface area (TPSA) is 35.2 Å². The average Bonchev–Trinajstić information content (AvgIpc) is 4.11. The van der Waals surface area contributed by atoms with Gasteiger partial charge in [0, 0.05) is 11.8 Å². The third-order valence-corrected chi connectivity index (χ3v) is 15.6. The molecule has 0 radical (unpaired) electrons. The maximum absolute atomic E-state index is 6.98. The molecule has 65 heavy (non-hydrogen) atoms. The number of aromatic nitrogens is 3. The van der Waals surface area contributed by atoms with Gasteiger partial charge in [-0.25, -0.2) is 0 Å². The Morgan fingerprint density at radius 1 is 0.569 bits per heavy atom. The molecule has 2 unspecified atom stereocenters. The minimum atomic E-state index is 0.0571. The number of imidazole rings is 1. The van der Waals surface area contributed by atoms with Crippen LogP contribution >= 0.6 is 0 Å². The van der Waals surface area contributed by atoms with E-state index in [4.69, 9.17) is 9.72 Å². The average molecular weight is 1030 g/mol. The van der Waals surface area contributed by atoms with Gasteiger partial charge in [-0.1, -0.05) is 49.6 Å². The van der Waals surface area contributed by atoms with Crippen LogP contribution in [-0.2, 0) is 19.4 Å². The number of fused-ring (bicyclic) bond motifs is 5. The van der Waals surface area contributed by atoms with E-state index in [-0.39, 0.29) is 5.54 Å². The molecule has 5 nitrogen and oxygen atoms in total. The monoisotopic (exact) mass is 1030 g/mol. The summed E-state index contributed by atoms with van der Waals surface area (Å²) in [4.78, 5) is 7.99. The molecular formula is C59H50N4OPt. The predicted molar refractivity (Wildman–Crippen MR) is 261 cm³/mol. The molecule has 0 amide bonds. The van der Waals surface area contributed by atoms with E-state index in [0.717, 1.165) is 43.5 Å². The number of anilines is 2. The Kier molecular flexibility index (Phi) is 10.1. The molecule has 2 aromatic heterocycles. The van der Waals surface area contributed by atoms with Crippen molar-refractivity contribution >= 4 is 22.5 Å². The van der Waals surface area contributed by atoms with Crippen molar-refractivity contribution in [1.29, 1.82) is 0 Å². The maximum atomic E-state index is 6.98. The minimum Gasteiger partial charge on any atom is -0.0622 e. The Morgan fingerprint density at radius 3 is 1.83 bits per heavy atom. The van der Waals surface area contributed by atoms with Crippen molar-refractivity contribution in [2.45, 2.75) is 63.3 Å². The zero-order valence-electron chi connectivity index (χ0n) is 36.5. The molecule has 7 aromatic carbocycles. The summed E-state index contributed by atoms with van der Waals surface area (Å²) >= 11 is 2.53. The van der Waals surface area contributed by atoms with Gasteiger partial charge in [-0.3, -0.25) is 0 Å². The molecule has 0 bridgehead atoms. The van der Waals surface area contributed by atoms with Gasteiger partial charge < -0.3 is 0 Å². The van der Waals surface area contributed by atoms with E-state index >= 15 is 0 Å². The SMILES string of the molecule is Cc1cc(N2c3cc(Oc4cccc(-n5[c](=[Pt])n(-c6c(-c7ccccc7)cccc6-c6ccccc6)c6ccccc65)c4)ccc3C3CCCC3C23CCCC3)ncc1-c1ccccc1. The fourth-order valence-electron chi connectivity index (χ4n) is 11.9. The summed E-state index contributed by atoms with van der Waals surface area (Å²) in [6.07, 6.45) is 10.9. The van der Waals surface area contributed by atoms with Crippen molar-refractivity contribution in [2.24, 2.45) is 5.92 Å². The molecule has 9 aromatic rings. The van der Waals surface area contributed by atoms with E-state index in [1.165, 1.54) is 95.1 Å². The number of benzene rings is 7. The number of pyridine rings is 1. The molecule has 2 fully saturated rings. The van der Waals surface area contributed by atoms with Crippen LogP contribution in [0.1, 0.15) is 62.0 Å². The first kappa shape index (κ1) is 40.0. The van der Waals surface area contributed by atoms with Crippen LogP contribution in [0.15, 0.2) is 188 Å². The molecule has 2 atom stereocenters. The smallest absolute Gasteiger partial charge is 0.0622 e. The molecule has 2 saturated carbocycles. The van der Waals surface area contributed by atoms with Crippen molar-refractivity contribution in [1.82, 2.24) is 14.1 Å². The van der Waals surface area contributed by atoms with Gasteiger partial charge in [0.05, 0.1) is 0 Å². The van der Waals surface area contributed by atoms with E-state index in [2.05, 4.69) is 228 Å². The Bertz CT molecular complexity index is 3220. The molecule has 2 aliphatic carbocycles. The minimum absolute atomic E-state index is 0.0571. The van der Waals surface area contributed by atoms with Gasteiger partial charge >= 0.3 is 308 Å². The normalized spacial score (nSPS) is 17.4.